The van der Waals surface area contributed by atoms with Crippen molar-refractivity contribution >= 4 is 5.91 Å². The zero-order valence-corrected chi connectivity index (χ0v) is 10.5. The summed E-state index contributed by atoms with van der Waals surface area (Å²) in [7, 11) is 0. The lowest BCUT2D eigenvalue weighted by atomic mass is 9.89. The fourth-order valence-corrected chi connectivity index (χ4v) is 2.03. The predicted octanol–water partition coefficient (Wildman–Crippen LogP) is 0.652. The van der Waals surface area contributed by atoms with E-state index in [2.05, 4.69) is 31.4 Å². The number of carbonyl (C=O) groups is 1. The Labute approximate surface area is 97.8 Å². The molecule has 1 unspecified atom stereocenters. The van der Waals surface area contributed by atoms with Crippen molar-refractivity contribution < 1.29 is 9.90 Å². The molecule has 0 saturated carbocycles. The second-order valence-corrected chi connectivity index (χ2v) is 5.81. The third-order valence-corrected chi connectivity index (χ3v) is 2.74. The van der Waals surface area contributed by atoms with Gasteiger partial charge >= 0.3 is 0 Å². The van der Waals surface area contributed by atoms with Gasteiger partial charge in [-0.2, -0.15) is 0 Å². The van der Waals surface area contributed by atoms with Gasteiger partial charge in [0.1, 0.15) is 0 Å². The fourth-order valence-electron chi connectivity index (χ4n) is 2.03. The maximum absolute atomic E-state index is 11.6. The molecular weight excluding hydrogens is 204 g/mol. The highest BCUT2D eigenvalue weighted by molar-refractivity contribution is 5.81. The van der Waals surface area contributed by atoms with E-state index in [4.69, 9.17) is 0 Å². The van der Waals surface area contributed by atoms with E-state index in [0.29, 0.717) is 13.0 Å². The molecule has 0 bridgehead atoms. The summed E-state index contributed by atoms with van der Waals surface area (Å²) in [6.45, 7) is 7.51. The molecule has 0 radical (unpaired) electrons. The zero-order valence-electron chi connectivity index (χ0n) is 10.5. The van der Waals surface area contributed by atoms with E-state index < -0.39 is 6.10 Å². The van der Waals surface area contributed by atoms with E-state index in [1.165, 1.54) is 0 Å². The van der Waals surface area contributed by atoms with Gasteiger partial charge in [0.15, 0.2) is 0 Å². The standard InChI is InChI=1S/C12H24N2O2/c1-12(2,3)7-9(15)8-14-11(16)10-5-4-6-13-10/h9-10,13,15H,4-8H2,1-3H3,(H,14,16)/t9?,10-/m1/s1. The van der Waals surface area contributed by atoms with Crippen LogP contribution in [-0.4, -0.2) is 36.2 Å². The van der Waals surface area contributed by atoms with E-state index in [9.17, 15) is 9.90 Å². The van der Waals surface area contributed by atoms with Crippen molar-refractivity contribution in [3.63, 3.8) is 0 Å². The summed E-state index contributed by atoms with van der Waals surface area (Å²) in [5, 5.41) is 15.7. The topological polar surface area (TPSA) is 61.4 Å². The Hall–Kier alpha value is -0.610. The molecule has 1 fully saturated rings. The van der Waals surface area contributed by atoms with Crippen LogP contribution in [0.4, 0.5) is 0 Å². The van der Waals surface area contributed by atoms with Crippen LogP contribution in [0.25, 0.3) is 0 Å². The summed E-state index contributed by atoms with van der Waals surface area (Å²) in [4.78, 5) is 11.6. The lowest BCUT2D eigenvalue weighted by Crippen LogP contribution is -2.43. The summed E-state index contributed by atoms with van der Waals surface area (Å²) in [5.74, 6) is 0.0189. The molecule has 1 aliphatic rings. The molecule has 1 heterocycles. The maximum Gasteiger partial charge on any atom is 0.237 e. The number of rotatable bonds is 4. The molecule has 1 rings (SSSR count). The van der Waals surface area contributed by atoms with Crippen LogP contribution in [0.15, 0.2) is 0 Å². The van der Waals surface area contributed by atoms with E-state index in [1.807, 2.05) is 0 Å². The average molecular weight is 228 g/mol. The van der Waals surface area contributed by atoms with Crippen molar-refractivity contribution in [1.29, 1.82) is 0 Å². The van der Waals surface area contributed by atoms with Crippen molar-refractivity contribution in [3.05, 3.63) is 0 Å². The van der Waals surface area contributed by atoms with Gasteiger partial charge in [-0.1, -0.05) is 20.8 Å². The van der Waals surface area contributed by atoms with E-state index >= 15 is 0 Å². The first kappa shape index (κ1) is 13.5. The Balaban J connectivity index is 2.20. The molecule has 0 aliphatic carbocycles. The molecule has 0 spiro atoms. The van der Waals surface area contributed by atoms with Crippen LogP contribution in [-0.2, 0) is 4.79 Å². The highest BCUT2D eigenvalue weighted by Gasteiger charge is 2.23. The molecule has 2 atom stereocenters. The lowest BCUT2D eigenvalue weighted by Gasteiger charge is -2.23. The van der Waals surface area contributed by atoms with Crippen molar-refractivity contribution in [2.45, 2.75) is 52.2 Å². The van der Waals surface area contributed by atoms with Gasteiger partial charge in [-0.15, -0.1) is 0 Å². The number of aliphatic hydroxyl groups excluding tert-OH is 1. The van der Waals surface area contributed by atoms with E-state index in [-0.39, 0.29) is 17.4 Å². The Morgan fingerprint density at radius 3 is 2.75 bits per heavy atom. The second-order valence-electron chi connectivity index (χ2n) is 5.81. The quantitative estimate of drug-likeness (QED) is 0.662. The second kappa shape index (κ2) is 5.64. The average Bonchev–Trinajstić information content (AvgIpc) is 2.64. The van der Waals surface area contributed by atoms with Gasteiger partial charge in [0, 0.05) is 6.54 Å². The smallest absolute Gasteiger partial charge is 0.237 e. The van der Waals surface area contributed by atoms with Crippen LogP contribution in [0.1, 0.15) is 40.0 Å². The molecule has 0 aromatic rings. The zero-order chi connectivity index (χ0) is 12.2. The first-order valence-electron chi connectivity index (χ1n) is 6.08. The van der Waals surface area contributed by atoms with Crippen molar-refractivity contribution in [1.82, 2.24) is 10.6 Å². The Kier molecular flexibility index (Phi) is 4.74. The predicted molar refractivity (Wildman–Crippen MR) is 64.1 cm³/mol. The van der Waals surface area contributed by atoms with Gasteiger partial charge in [0.2, 0.25) is 5.91 Å². The first-order valence-corrected chi connectivity index (χ1v) is 6.08. The Morgan fingerprint density at radius 2 is 2.25 bits per heavy atom. The summed E-state index contributed by atoms with van der Waals surface area (Å²) < 4.78 is 0. The molecule has 1 aliphatic heterocycles. The molecule has 4 heteroatoms. The van der Waals surface area contributed by atoms with Gasteiger partial charge < -0.3 is 15.7 Å². The maximum atomic E-state index is 11.6. The third-order valence-electron chi connectivity index (χ3n) is 2.74. The van der Waals surface area contributed by atoms with E-state index in [0.717, 1.165) is 19.4 Å². The molecular formula is C12H24N2O2. The summed E-state index contributed by atoms with van der Waals surface area (Å²) in [6.07, 6.45) is 2.21. The molecule has 0 aromatic carbocycles. The van der Waals surface area contributed by atoms with Crippen molar-refractivity contribution in [2.24, 2.45) is 5.41 Å². The molecule has 4 nitrogen and oxygen atoms in total. The molecule has 1 saturated heterocycles. The van der Waals surface area contributed by atoms with Gasteiger partial charge in [-0.25, -0.2) is 0 Å². The van der Waals surface area contributed by atoms with Crippen LogP contribution in [0.5, 0.6) is 0 Å². The van der Waals surface area contributed by atoms with E-state index in [1.54, 1.807) is 0 Å². The Morgan fingerprint density at radius 1 is 1.56 bits per heavy atom. The first-order chi connectivity index (χ1) is 7.38. The van der Waals surface area contributed by atoms with Gasteiger partial charge in [-0.3, -0.25) is 4.79 Å². The largest absolute Gasteiger partial charge is 0.391 e. The molecule has 94 valence electrons. The normalized spacial score (nSPS) is 23.1. The summed E-state index contributed by atoms with van der Waals surface area (Å²) >= 11 is 0. The Bertz CT molecular complexity index is 230. The van der Waals surface area contributed by atoms with Crippen molar-refractivity contribution in [3.8, 4) is 0 Å². The molecule has 0 aromatic heterocycles. The van der Waals surface area contributed by atoms with Gasteiger partial charge in [0.25, 0.3) is 0 Å². The highest BCUT2D eigenvalue weighted by atomic mass is 16.3. The minimum absolute atomic E-state index is 0.0189. The third kappa shape index (κ3) is 4.94. The monoisotopic (exact) mass is 228 g/mol. The number of carbonyl (C=O) groups excluding carboxylic acids is 1. The van der Waals surface area contributed by atoms with Gasteiger partial charge in [-0.05, 0) is 31.2 Å². The fraction of sp³-hybridized carbons (Fsp3) is 0.917. The number of aliphatic hydroxyl groups is 1. The number of amides is 1. The minimum Gasteiger partial charge on any atom is -0.391 e. The van der Waals surface area contributed by atoms with Crippen LogP contribution in [0, 0.1) is 5.41 Å². The lowest BCUT2D eigenvalue weighted by molar-refractivity contribution is -0.123. The number of nitrogens with one attached hydrogen (secondary N) is 2. The van der Waals surface area contributed by atoms with Crippen LogP contribution >= 0.6 is 0 Å². The number of hydrogen-bond acceptors (Lipinski definition) is 3. The molecule has 16 heavy (non-hydrogen) atoms. The molecule has 3 N–H and O–H groups in total. The van der Waals surface area contributed by atoms with Crippen LogP contribution in [0.2, 0.25) is 0 Å². The summed E-state index contributed by atoms with van der Waals surface area (Å²) in [5.41, 5.74) is 0.0930. The summed E-state index contributed by atoms with van der Waals surface area (Å²) in [6, 6.07) is -0.0539. The molecule has 1 amide bonds. The van der Waals surface area contributed by atoms with Crippen molar-refractivity contribution in [2.75, 3.05) is 13.1 Å². The number of hydrogen-bond donors (Lipinski definition) is 3. The highest BCUT2D eigenvalue weighted by Crippen LogP contribution is 2.20. The minimum atomic E-state index is -0.453. The SMILES string of the molecule is CC(C)(C)CC(O)CNC(=O)[C@H]1CCCN1. The van der Waals surface area contributed by atoms with Crippen LogP contribution < -0.4 is 10.6 Å². The van der Waals surface area contributed by atoms with Gasteiger partial charge in [0.05, 0.1) is 12.1 Å². The van der Waals surface area contributed by atoms with Crippen LogP contribution in [0.3, 0.4) is 0 Å².